The second-order valence-corrected chi connectivity index (χ2v) is 6.14. The number of aryl methyl sites for hydroxylation is 1. The summed E-state index contributed by atoms with van der Waals surface area (Å²) in [5, 5.41) is 10.9. The highest BCUT2D eigenvalue weighted by molar-refractivity contribution is 7.17. The van der Waals surface area contributed by atoms with Gasteiger partial charge in [0.15, 0.2) is 0 Å². The molecule has 0 aliphatic heterocycles. The van der Waals surface area contributed by atoms with E-state index in [-0.39, 0.29) is 5.91 Å². The van der Waals surface area contributed by atoms with Crippen molar-refractivity contribution in [3.63, 3.8) is 0 Å². The third-order valence-electron chi connectivity index (χ3n) is 3.07. The molecule has 1 amide bonds. The SMILES string of the molecule is Cc1nc(-c2cccc(Cl)c2)sc1C(=O)NCc1ccn[nH]1. The Balaban J connectivity index is 1.78. The van der Waals surface area contributed by atoms with E-state index in [1.807, 2.05) is 37.3 Å². The molecule has 0 radical (unpaired) electrons. The predicted octanol–water partition coefficient (Wildman–Crippen LogP) is 3.43. The number of thiazole rings is 1. The molecular weight excluding hydrogens is 320 g/mol. The normalized spacial score (nSPS) is 10.6. The quantitative estimate of drug-likeness (QED) is 0.769. The zero-order valence-electron chi connectivity index (χ0n) is 11.8. The summed E-state index contributed by atoms with van der Waals surface area (Å²) < 4.78 is 0. The zero-order chi connectivity index (χ0) is 15.5. The van der Waals surface area contributed by atoms with Crippen molar-refractivity contribution < 1.29 is 4.79 Å². The smallest absolute Gasteiger partial charge is 0.263 e. The van der Waals surface area contributed by atoms with E-state index in [0.29, 0.717) is 22.1 Å². The number of nitrogens with zero attached hydrogens (tertiary/aromatic N) is 2. The Hall–Kier alpha value is -2.18. The van der Waals surface area contributed by atoms with E-state index in [9.17, 15) is 4.79 Å². The number of hydrogen-bond acceptors (Lipinski definition) is 4. The lowest BCUT2D eigenvalue weighted by Crippen LogP contribution is -2.22. The van der Waals surface area contributed by atoms with Crippen molar-refractivity contribution in [2.24, 2.45) is 0 Å². The predicted molar refractivity (Wildman–Crippen MR) is 87.1 cm³/mol. The molecule has 0 unspecified atom stereocenters. The number of carbonyl (C=O) groups is 1. The number of rotatable bonds is 4. The molecule has 2 aromatic heterocycles. The molecule has 2 heterocycles. The molecule has 0 spiro atoms. The Morgan fingerprint density at radius 1 is 1.41 bits per heavy atom. The lowest BCUT2D eigenvalue weighted by molar-refractivity contribution is 0.0953. The fourth-order valence-corrected chi connectivity index (χ4v) is 3.16. The van der Waals surface area contributed by atoms with E-state index >= 15 is 0 Å². The standard InChI is InChI=1S/C15H13ClN4OS/c1-9-13(14(21)17-8-12-5-6-18-20-12)22-15(19-9)10-3-2-4-11(16)7-10/h2-7H,8H2,1H3,(H,17,21)(H,18,20). The number of hydrogen-bond donors (Lipinski definition) is 2. The van der Waals surface area contributed by atoms with Crippen molar-refractivity contribution in [1.82, 2.24) is 20.5 Å². The number of carbonyl (C=O) groups excluding carboxylic acids is 1. The summed E-state index contributed by atoms with van der Waals surface area (Å²) in [5.41, 5.74) is 2.47. The molecule has 5 nitrogen and oxygen atoms in total. The summed E-state index contributed by atoms with van der Waals surface area (Å²) in [6, 6.07) is 9.26. The van der Waals surface area contributed by atoms with Gasteiger partial charge in [0.05, 0.1) is 17.9 Å². The van der Waals surface area contributed by atoms with Crippen LogP contribution in [0.4, 0.5) is 0 Å². The first-order valence-electron chi connectivity index (χ1n) is 6.63. The molecule has 7 heteroatoms. The van der Waals surface area contributed by atoms with Gasteiger partial charge < -0.3 is 5.32 Å². The van der Waals surface area contributed by atoms with Gasteiger partial charge in [0, 0.05) is 16.8 Å². The molecule has 2 N–H and O–H groups in total. The Morgan fingerprint density at radius 3 is 3.00 bits per heavy atom. The molecule has 22 heavy (non-hydrogen) atoms. The third kappa shape index (κ3) is 3.18. The van der Waals surface area contributed by atoms with Crippen LogP contribution in [0.2, 0.25) is 5.02 Å². The third-order valence-corrected chi connectivity index (χ3v) is 4.51. The van der Waals surface area contributed by atoms with Gasteiger partial charge in [-0.2, -0.15) is 5.10 Å². The molecule has 0 saturated carbocycles. The van der Waals surface area contributed by atoms with E-state index in [2.05, 4.69) is 20.5 Å². The number of halogens is 1. The molecule has 0 bridgehead atoms. The summed E-state index contributed by atoms with van der Waals surface area (Å²) in [6.07, 6.45) is 1.65. The number of aromatic nitrogens is 3. The summed E-state index contributed by atoms with van der Waals surface area (Å²) >= 11 is 7.36. The number of H-pyrrole nitrogens is 1. The minimum Gasteiger partial charge on any atom is -0.346 e. The lowest BCUT2D eigenvalue weighted by atomic mass is 10.2. The maximum absolute atomic E-state index is 12.3. The van der Waals surface area contributed by atoms with E-state index in [1.54, 1.807) is 6.20 Å². The first-order chi connectivity index (χ1) is 10.6. The maximum Gasteiger partial charge on any atom is 0.263 e. The summed E-state index contributed by atoms with van der Waals surface area (Å²) in [7, 11) is 0. The molecule has 3 rings (SSSR count). The average molecular weight is 333 g/mol. The molecule has 0 aliphatic carbocycles. The average Bonchev–Trinajstić information content (AvgIpc) is 3.14. The van der Waals surface area contributed by atoms with Crippen LogP contribution in [-0.2, 0) is 6.54 Å². The van der Waals surface area contributed by atoms with Gasteiger partial charge in [-0.15, -0.1) is 11.3 Å². The molecule has 0 atom stereocenters. The summed E-state index contributed by atoms with van der Waals surface area (Å²) in [4.78, 5) is 17.3. The van der Waals surface area contributed by atoms with E-state index < -0.39 is 0 Å². The molecule has 1 aromatic carbocycles. The van der Waals surface area contributed by atoms with Crippen molar-refractivity contribution in [2.45, 2.75) is 13.5 Å². The largest absolute Gasteiger partial charge is 0.346 e. The monoisotopic (exact) mass is 332 g/mol. The Morgan fingerprint density at radius 2 is 2.27 bits per heavy atom. The van der Waals surface area contributed by atoms with Gasteiger partial charge in [-0.05, 0) is 25.1 Å². The lowest BCUT2D eigenvalue weighted by Gasteiger charge is -2.01. The van der Waals surface area contributed by atoms with Crippen LogP contribution in [0.3, 0.4) is 0 Å². The van der Waals surface area contributed by atoms with E-state index in [1.165, 1.54) is 11.3 Å². The van der Waals surface area contributed by atoms with Crippen LogP contribution in [0.15, 0.2) is 36.5 Å². The Kier molecular flexibility index (Phi) is 4.22. The van der Waals surface area contributed by atoms with Crippen LogP contribution < -0.4 is 5.32 Å². The number of aromatic amines is 1. The van der Waals surface area contributed by atoms with E-state index in [0.717, 1.165) is 16.3 Å². The van der Waals surface area contributed by atoms with Gasteiger partial charge in [-0.25, -0.2) is 4.98 Å². The zero-order valence-corrected chi connectivity index (χ0v) is 13.3. The van der Waals surface area contributed by atoms with Crippen LogP contribution in [0.25, 0.3) is 10.6 Å². The molecular formula is C15H13ClN4OS. The van der Waals surface area contributed by atoms with Gasteiger partial charge in [0.1, 0.15) is 9.88 Å². The minimum atomic E-state index is -0.141. The molecule has 3 aromatic rings. The first-order valence-corrected chi connectivity index (χ1v) is 7.83. The highest BCUT2D eigenvalue weighted by atomic mass is 35.5. The van der Waals surface area contributed by atoms with Crippen molar-refractivity contribution in [2.75, 3.05) is 0 Å². The summed E-state index contributed by atoms with van der Waals surface area (Å²) in [6.45, 7) is 2.23. The van der Waals surface area contributed by atoms with Crippen LogP contribution >= 0.6 is 22.9 Å². The van der Waals surface area contributed by atoms with Crippen LogP contribution in [-0.4, -0.2) is 21.1 Å². The van der Waals surface area contributed by atoms with Gasteiger partial charge in [-0.3, -0.25) is 9.89 Å². The topological polar surface area (TPSA) is 70.7 Å². The van der Waals surface area contributed by atoms with E-state index in [4.69, 9.17) is 11.6 Å². The van der Waals surface area contributed by atoms with Gasteiger partial charge >= 0.3 is 0 Å². The first kappa shape index (κ1) is 14.7. The fourth-order valence-electron chi connectivity index (χ4n) is 1.99. The van der Waals surface area contributed by atoms with Crippen molar-refractivity contribution >= 4 is 28.8 Å². The number of nitrogens with one attached hydrogen (secondary N) is 2. The second kappa shape index (κ2) is 6.29. The van der Waals surface area contributed by atoms with Gasteiger partial charge in [0.2, 0.25) is 0 Å². The van der Waals surface area contributed by atoms with Crippen molar-refractivity contribution in [3.8, 4) is 10.6 Å². The van der Waals surface area contributed by atoms with Gasteiger partial charge in [0.25, 0.3) is 5.91 Å². The summed E-state index contributed by atoms with van der Waals surface area (Å²) in [5.74, 6) is -0.141. The van der Waals surface area contributed by atoms with Crippen LogP contribution in [0, 0.1) is 6.92 Å². The fraction of sp³-hybridized carbons (Fsp3) is 0.133. The van der Waals surface area contributed by atoms with Gasteiger partial charge in [-0.1, -0.05) is 23.7 Å². The van der Waals surface area contributed by atoms with Crippen LogP contribution in [0.5, 0.6) is 0 Å². The maximum atomic E-state index is 12.3. The highest BCUT2D eigenvalue weighted by Gasteiger charge is 2.16. The molecule has 0 aliphatic rings. The highest BCUT2D eigenvalue weighted by Crippen LogP contribution is 2.29. The van der Waals surface area contributed by atoms with Crippen molar-refractivity contribution in [3.05, 3.63) is 57.8 Å². The molecule has 0 fully saturated rings. The Labute approximate surface area is 136 Å². The molecule has 112 valence electrons. The Bertz CT molecular complexity index is 798. The molecule has 0 saturated heterocycles. The number of benzene rings is 1. The second-order valence-electron chi connectivity index (χ2n) is 4.71. The van der Waals surface area contributed by atoms with Crippen LogP contribution in [0.1, 0.15) is 21.1 Å². The van der Waals surface area contributed by atoms with Crippen molar-refractivity contribution in [1.29, 1.82) is 0 Å². The minimum absolute atomic E-state index is 0.141. The number of amides is 1.